The summed E-state index contributed by atoms with van der Waals surface area (Å²) >= 11 is 0. The maximum absolute atomic E-state index is 11.1. The Hall–Kier alpha value is -2.20. The number of aromatic nitrogens is 1. The quantitative estimate of drug-likeness (QED) is 0.500. The van der Waals surface area contributed by atoms with Crippen LogP contribution < -0.4 is 5.32 Å². The van der Waals surface area contributed by atoms with Crippen molar-refractivity contribution in [2.75, 3.05) is 11.9 Å². The average Bonchev–Trinajstić information content (AvgIpc) is 2.69. The highest BCUT2D eigenvalue weighted by Gasteiger charge is 2.29. The van der Waals surface area contributed by atoms with Crippen LogP contribution in [0.25, 0.3) is 0 Å². The Balaban J connectivity index is 2.16. The Morgan fingerprint density at radius 3 is 2.67 bits per heavy atom. The smallest absolute Gasteiger partial charge is 0.328 e. The first-order valence-electron chi connectivity index (χ1n) is 7.05. The molecule has 7 nitrogen and oxygen atoms in total. The molecule has 0 amide bonds. The zero-order chi connectivity index (χ0) is 15.3. The number of anilines is 1. The monoisotopic (exact) mass is 290 g/mol. The van der Waals surface area contributed by atoms with Crippen LogP contribution in [0.5, 0.6) is 0 Å². The van der Waals surface area contributed by atoms with Crippen molar-refractivity contribution in [3.05, 3.63) is 27.9 Å². The predicted octanol–water partition coefficient (Wildman–Crippen LogP) is 2.36. The molecule has 0 saturated heterocycles. The largest absolute Gasteiger partial charge is 0.388 e. The number of nitro groups is 1. The molecular weight excluding hydrogens is 272 g/mol. The fourth-order valence-corrected chi connectivity index (χ4v) is 2.67. The van der Waals surface area contributed by atoms with Crippen molar-refractivity contribution in [2.24, 2.45) is 0 Å². The van der Waals surface area contributed by atoms with E-state index in [-0.39, 0.29) is 23.6 Å². The van der Waals surface area contributed by atoms with Crippen LogP contribution in [-0.4, -0.2) is 27.2 Å². The van der Waals surface area contributed by atoms with E-state index in [1.807, 2.05) is 0 Å². The molecule has 0 bridgehead atoms. The Labute approximate surface area is 122 Å². The topological polar surface area (TPSA) is 112 Å². The van der Waals surface area contributed by atoms with Gasteiger partial charge in [0.2, 0.25) is 5.82 Å². The second-order valence-corrected chi connectivity index (χ2v) is 5.42. The number of nitrogens with zero attached hydrogens (tertiary/aromatic N) is 3. The van der Waals surface area contributed by atoms with E-state index in [0.29, 0.717) is 12.8 Å². The molecule has 1 saturated carbocycles. The lowest BCUT2D eigenvalue weighted by atomic mass is 9.94. The normalized spacial score (nSPS) is 17.5. The molecule has 2 rings (SSSR count). The number of nitriles is 1. The van der Waals surface area contributed by atoms with Gasteiger partial charge in [-0.05, 0) is 18.9 Å². The molecule has 1 heterocycles. The third-order valence-electron chi connectivity index (χ3n) is 3.85. The molecular formula is C14H18N4O3. The molecule has 1 aliphatic rings. The zero-order valence-corrected chi connectivity index (χ0v) is 11.7. The summed E-state index contributed by atoms with van der Waals surface area (Å²) < 4.78 is 0. The van der Waals surface area contributed by atoms with E-state index in [2.05, 4.69) is 10.3 Å². The van der Waals surface area contributed by atoms with E-state index < -0.39 is 10.5 Å². The van der Waals surface area contributed by atoms with Crippen LogP contribution in [-0.2, 0) is 0 Å². The highest BCUT2D eigenvalue weighted by molar-refractivity contribution is 5.64. The number of nitrogens with one attached hydrogen (secondary N) is 1. The summed E-state index contributed by atoms with van der Waals surface area (Å²) in [6, 6.07) is 3.10. The van der Waals surface area contributed by atoms with Crippen LogP contribution in [0.15, 0.2) is 12.3 Å². The van der Waals surface area contributed by atoms with E-state index >= 15 is 0 Å². The Morgan fingerprint density at radius 1 is 1.43 bits per heavy atom. The van der Waals surface area contributed by atoms with Crippen molar-refractivity contribution in [3.63, 3.8) is 0 Å². The van der Waals surface area contributed by atoms with E-state index in [9.17, 15) is 15.2 Å². The van der Waals surface area contributed by atoms with Crippen LogP contribution in [0.4, 0.5) is 11.5 Å². The Bertz CT molecular complexity index is 560. The number of aliphatic hydroxyl groups is 1. The van der Waals surface area contributed by atoms with Gasteiger partial charge in [-0.2, -0.15) is 5.26 Å². The maximum Gasteiger partial charge on any atom is 0.328 e. The predicted molar refractivity (Wildman–Crippen MR) is 76.7 cm³/mol. The van der Waals surface area contributed by atoms with Gasteiger partial charge in [0, 0.05) is 12.7 Å². The van der Waals surface area contributed by atoms with Crippen molar-refractivity contribution in [1.29, 1.82) is 5.26 Å². The summed E-state index contributed by atoms with van der Waals surface area (Å²) in [4.78, 5) is 14.4. The fourth-order valence-electron chi connectivity index (χ4n) is 2.67. The molecule has 1 aromatic heterocycles. The van der Waals surface area contributed by atoms with Crippen LogP contribution in [0, 0.1) is 21.4 Å². The van der Waals surface area contributed by atoms with Gasteiger partial charge in [-0.25, -0.2) is 4.98 Å². The summed E-state index contributed by atoms with van der Waals surface area (Å²) in [6.45, 7) is 0.204. The van der Waals surface area contributed by atoms with E-state index in [1.54, 1.807) is 6.07 Å². The van der Waals surface area contributed by atoms with Crippen molar-refractivity contribution in [1.82, 2.24) is 4.98 Å². The zero-order valence-electron chi connectivity index (χ0n) is 11.7. The SMILES string of the molecule is N#Cc1ccnc(NCC2(O)CCCCCC2)c1[N+](=O)[O-]. The minimum atomic E-state index is -0.866. The molecule has 1 aromatic rings. The van der Waals surface area contributed by atoms with Crippen LogP contribution >= 0.6 is 0 Å². The van der Waals surface area contributed by atoms with Gasteiger partial charge in [0.15, 0.2) is 0 Å². The summed E-state index contributed by atoms with van der Waals surface area (Å²) in [5, 5.41) is 33.4. The lowest BCUT2D eigenvalue weighted by Crippen LogP contribution is -2.36. The van der Waals surface area contributed by atoms with Gasteiger partial charge in [-0.15, -0.1) is 0 Å². The van der Waals surface area contributed by atoms with E-state index in [0.717, 1.165) is 25.7 Å². The Morgan fingerprint density at radius 2 is 2.10 bits per heavy atom. The molecule has 0 unspecified atom stereocenters. The standard InChI is InChI=1S/C14H18N4O3/c15-9-11-5-8-16-13(12(11)18(20)21)17-10-14(19)6-3-1-2-4-7-14/h5,8,19H,1-4,6-7,10H2,(H,16,17). The molecule has 2 N–H and O–H groups in total. The molecule has 21 heavy (non-hydrogen) atoms. The number of hydrogen-bond donors (Lipinski definition) is 2. The van der Waals surface area contributed by atoms with Crippen molar-refractivity contribution >= 4 is 11.5 Å². The van der Waals surface area contributed by atoms with E-state index in [1.165, 1.54) is 12.3 Å². The molecule has 1 fully saturated rings. The molecule has 0 atom stereocenters. The second-order valence-electron chi connectivity index (χ2n) is 5.42. The lowest BCUT2D eigenvalue weighted by Gasteiger charge is -2.26. The molecule has 7 heteroatoms. The highest BCUT2D eigenvalue weighted by Crippen LogP contribution is 2.30. The van der Waals surface area contributed by atoms with Gasteiger partial charge in [0.1, 0.15) is 11.6 Å². The van der Waals surface area contributed by atoms with Gasteiger partial charge in [0.05, 0.1) is 10.5 Å². The van der Waals surface area contributed by atoms with Crippen molar-refractivity contribution in [2.45, 2.75) is 44.1 Å². The van der Waals surface area contributed by atoms with Gasteiger partial charge in [0.25, 0.3) is 0 Å². The number of pyridine rings is 1. The Kier molecular flexibility index (Phi) is 4.70. The minimum absolute atomic E-state index is 0.0367. The molecule has 112 valence electrons. The number of rotatable bonds is 4. The van der Waals surface area contributed by atoms with Crippen LogP contribution in [0.1, 0.15) is 44.1 Å². The highest BCUT2D eigenvalue weighted by atomic mass is 16.6. The first-order valence-corrected chi connectivity index (χ1v) is 7.05. The minimum Gasteiger partial charge on any atom is -0.388 e. The lowest BCUT2D eigenvalue weighted by molar-refractivity contribution is -0.384. The first kappa shape index (κ1) is 15.2. The second kappa shape index (κ2) is 6.50. The molecule has 0 aromatic carbocycles. The summed E-state index contributed by atoms with van der Waals surface area (Å²) in [6.07, 6.45) is 6.80. The fraction of sp³-hybridized carbons (Fsp3) is 0.571. The van der Waals surface area contributed by atoms with Gasteiger partial charge in [-0.3, -0.25) is 10.1 Å². The van der Waals surface area contributed by atoms with E-state index in [4.69, 9.17) is 5.26 Å². The summed E-state index contributed by atoms with van der Waals surface area (Å²) in [5.74, 6) is 0.0386. The molecule has 0 radical (unpaired) electrons. The first-order chi connectivity index (χ1) is 10.1. The van der Waals surface area contributed by atoms with Crippen molar-refractivity contribution in [3.8, 4) is 6.07 Å². The summed E-state index contributed by atoms with van der Waals surface area (Å²) in [5.41, 5.74) is -1.24. The number of hydrogen-bond acceptors (Lipinski definition) is 6. The average molecular weight is 290 g/mol. The molecule has 1 aliphatic carbocycles. The third kappa shape index (κ3) is 3.67. The van der Waals surface area contributed by atoms with Gasteiger partial charge >= 0.3 is 5.69 Å². The third-order valence-corrected chi connectivity index (χ3v) is 3.85. The van der Waals surface area contributed by atoms with Gasteiger partial charge in [-0.1, -0.05) is 25.7 Å². The van der Waals surface area contributed by atoms with Crippen molar-refractivity contribution < 1.29 is 10.0 Å². The maximum atomic E-state index is 11.1. The molecule has 0 spiro atoms. The van der Waals surface area contributed by atoms with Gasteiger partial charge < -0.3 is 10.4 Å². The van der Waals surface area contributed by atoms with Crippen LogP contribution in [0.3, 0.4) is 0 Å². The summed E-state index contributed by atoms with van der Waals surface area (Å²) in [7, 11) is 0. The van der Waals surface area contributed by atoms with Crippen LogP contribution in [0.2, 0.25) is 0 Å². The molecule has 0 aliphatic heterocycles.